The standard InChI is InChI=1S/C21H14F2N2O2/c22-16-5-3-4-14(12-16)13-26-17-10-8-15(9-11-17)20-24-21(27-25-20)18-6-1-2-7-19(18)23/h1-12H,13H2. The van der Waals surface area contributed by atoms with E-state index in [1.165, 1.54) is 18.2 Å². The fraction of sp³-hybridized carbons (Fsp3) is 0.0476. The maximum atomic E-state index is 13.8. The van der Waals surface area contributed by atoms with Gasteiger partial charge in [-0.05, 0) is 54.1 Å². The summed E-state index contributed by atoms with van der Waals surface area (Å²) < 4.78 is 37.8. The first-order valence-corrected chi connectivity index (χ1v) is 8.25. The summed E-state index contributed by atoms with van der Waals surface area (Å²) in [4.78, 5) is 4.24. The molecule has 6 heteroatoms. The van der Waals surface area contributed by atoms with Crippen molar-refractivity contribution in [1.82, 2.24) is 10.1 Å². The van der Waals surface area contributed by atoms with Crippen molar-refractivity contribution in [2.45, 2.75) is 6.61 Å². The third kappa shape index (κ3) is 3.84. The largest absolute Gasteiger partial charge is 0.489 e. The summed E-state index contributed by atoms with van der Waals surface area (Å²) in [6.45, 7) is 0.261. The van der Waals surface area contributed by atoms with Crippen LogP contribution >= 0.6 is 0 Å². The van der Waals surface area contributed by atoms with Gasteiger partial charge in [0.1, 0.15) is 24.0 Å². The van der Waals surface area contributed by atoms with E-state index in [0.717, 1.165) is 5.56 Å². The first-order valence-electron chi connectivity index (χ1n) is 8.25. The van der Waals surface area contributed by atoms with Crippen LogP contribution in [0.15, 0.2) is 77.3 Å². The van der Waals surface area contributed by atoms with Crippen molar-refractivity contribution in [3.8, 4) is 28.6 Å². The van der Waals surface area contributed by atoms with E-state index in [9.17, 15) is 8.78 Å². The molecule has 0 bridgehead atoms. The van der Waals surface area contributed by atoms with Crippen LogP contribution < -0.4 is 4.74 Å². The number of rotatable bonds is 5. The molecule has 0 amide bonds. The summed E-state index contributed by atoms with van der Waals surface area (Å²) in [5, 5.41) is 3.90. The predicted octanol–water partition coefficient (Wildman–Crippen LogP) is 5.26. The second-order valence-corrected chi connectivity index (χ2v) is 5.85. The molecule has 3 aromatic carbocycles. The van der Waals surface area contributed by atoms with E-state index in [1.807, 2.05) is 0 Å². The van der Waals surface area contributed by atoms with Crippen LogP contribution in [-0.4, -0.2) is 10.1 Å². The molecular weight excluding hydrogens is 350 g/mol. The number of benzene rings is 3. The maximum Gasteiger partial charge on any atom is 0.261 e. The molecule has 0 N–H and O–H groups in total. The number of nitrogens with zero attached hydrogens (tertiary/aromatic N) is 2. The minimum absolute atomic E-state index is 0.120. The van der Waals surface area contributed by atoms with Crippen LogP contribution in [0.3, 0.4) is 0 Å². The van der Waals surface area contributed by atoms with Gasteiger partial charge in [0, 0.05) is 5.56 Å². The molecule has 0 saturated carbocycles. The number of aromatic nitrogens is 2. The lowest BCUT2D eigenvalue weighted by Crippen LogP contribution is -1.95. The van der Waals surface area contributed by atoms with Gasteiger partial charge >= 0.3 is 0 Å². The van der Waals surface area contributed by atoms with Crippen molar-refractivity contribution in [2.75, 3.05) is 0 Å². The first kappa shape index (κ1) is 16.9. The molecule has 0 saturated heterocycles. The second-order valence-electron chi connectivity index (χ2n) is 5.85. The van der Waals surface area contributed by atoms with Gasteiger partial charge in [-0.15, -0.1) is 0 Å². The van der Waals surface area contributed by atoms with Crippen molar-refractivity contribution in [3.05, 3.63) is 90.0 Å². The smallest absolute Gasteiger partial charge is 0.261 e. The Kier molecular flexibility index (Phi) is 4.61. The molecule has 0 unspecified atom stereocenters. The Morgan fingerprint density at radius 1 is 0.889 bits per heavy atom. The van der Waals surface area contributed by atoms with E-state index in [2.05, 4.69) is 10.1 Å². The third-order valence-electron chi connectivity index (χ3n) is 3.94. The van der Waals surface area contributed by atoms with E-state index in [0.29, 0.717) is 17.1 Å². The monoisotopic (exact) mass is 364 g/mol. The molecule has 1 aromatic heterocycles. The highest BCUT2D eigenvalue weighted by molar-refractivity contribution is 5.60. The summed E-state index contributed by atoms with van der Waals surface area (Å²) in [6, 6.07) is 19.5. The van der Waals surface area contributed by atoms with Crippen LogP contribution in [0.2, 0.25) is 0 Å². The zero-order chi connectivity index (χ0) is 18.6. The fourth-order valence-electron chi connectivity index (χ4n) is 2.58. The molecule has 0 fully saturated rings. The Labute approximate surface area is 154 Å². The van der Waals surface area contributed by atoms with Crippen LogP contribution in [-0.2, 0) is 6.61 Å². The van der Waals surface area contributed by atoms with Gasteiger partial charge in [-0.25, -0.2) is 8.78 Å². The van der Waals surface area contributed by atoms with E-state index < -0.39 is 5.82 Å². The van der Waals surface area contributed by atoms with Crippen LogP contribution in [0.25, 0.3) is 22.8 Å². The molecule has 4 aromatic rings. The van der Waals surface area contributed by atoms with Crippen molar-refractivity contribution >= 4 is 0 Å². The lowest BCUT2D eigenvalue weighted by atomic mass is 10.2. The predicted molar refractivity (Wildman–Crippen MR) is 95.9 cm³/mol. The van der Waals surface area contributed by atoms with Gasteiger partial charge in [-0.3, -0.25) is 0 Å². The van der Waals surface area contributed by atoms with Gasteiger partial charge in [0.05, 0.1) is 5.56 Å². The maximum absolute atomic E-state index is 13.8. The molecule has 4 nitrogen and oxygen atoms in total. The minimum atomic E-state index is -0.422. The van der Waals surface area contributed by atoms with Crippen molar-refractivity contribution in [2.24, 2.45) is 0 Å². The molecule has 0 aliphatic carbocycles. The van der Waals surface area contributed by atoms with Gasteiger partial charge in [0.2, 0.25) is 5.82 Å². The van der Waals surface area contributed by atoms with Crippen LogP contribution in [0.5, 0.6) is 5.75 Å². The zero-order valence-electron chi connectivity index (χ0n) is 14.1. The molecule has 1 heterocycles. The third-order valence-corrected chi connectivity index (χ3v) is 3.94. The minimum Gasteiger partial charge on any atom is -0.489 e. The highest BCUT2D eigenvalue weighted by atomic mass is 19.1. The SMILES string of the molecule is Fc1cccc(COc2ccc(-c3noc(-c4ccccc4F)n3)cc2)c1. The van der Waals surface area contributed by atoms with E-state index in [-0.39, 0.29) is 23.9 Å². The van der Waals surface area contributed by atoms with Gasteiger partial charge in [-0.2, -0.15) is 4.98 Å². The van der Waals surface area contributed by atoms with Crippen molar-refractivity contribution in [1.29, 1.82) is 0 Å². The fourth-order valence-corrected chi connectivity index (χ4v) is 2.58. The summed E-state index contributed by atoms with van der Waals surface area (Å²) in [5.74, 6) is 0.378. The van der Waals surface area contributed by atoms with E-state index in [1.54, 1.807) is 54.6 Å². The molecule has 4 rings (SSSR count). The zero-order valence-corrected chi connectivity index (χ0v) is 14.1. The molecule has 27 heavy (non-hydrogen) atoms. The Bertz CT molecular complexity index is 1060. The lowest BCUT2D eigenvalue weighted by Gasteiger charge is -2.06. The summed E-state index contributed by atoms with van der Waals surface area (Å²) in [6.07, 6.45) is 0. The summed E-state index contributed by atoms with van der Waals surface area (Å²) in [7, 11) is 0. The van der Waals surface area contributed by atoms with Gasteiger partial charge in [0.15, 0.2) is 0 Å². The molecule has 0 atom stereocenters. The van der Waals surface area contributed by atoms with E-state index >= 15 is 0 Å². The number of hydrogen-bond donors (Lipinski definition) is 0. The van der Waals surface area contributed by atoms with Gasteiger partial charge in [0.25, 0.3) is 5.89 Å². The molecule has 0 radical (unpaired) electrons. The Morgan fingerprint density at radius 2 is 1.70 bits per heavy atom. The second kappa shape index (κ2) is 7.37. The average Bonchev–Trinajstić information content (AvgIpc) is 3.17. The van der Waals surface area contributed by atoms with Crippen molar-refractivity contribution < 1.29 is 18.0 Å². The Morgan fingerprint density at radius 3 is 2.48 bits per heavy atom. The van der Waals surface area contributed by atoms with Gasteiger partial charge < -0.3 is 9.26 Å². The Hall–Kier alpha value is -3.54. The lowest BCUT2D eigenvalue weighted by molar-refractivity contribution is 0.305. The summed E-state index contributed by atoms with van der Waals surface area (Å²) >= 11 is 0. The number of hydrogen-bond acceptors (Lipinski definition) is 4. The number of halogens is 2. The topological polar surface area (TPSA) is 48.2 Å². The highest BCUT2D eigenvalue weighted by Crippen LogP contribution is 2.25. The number of ether oxygens (including phenoxy) is 1. The average molecular weight is 364 g/mol. The molecule has 0 aliphatic rings. The molecule has 134 valence electrons. The molecule has 0 spiro atoms. The van der Waals surface area contributed by atoms with Crippen LogP contribution in [0.4, 0.5) is 8.78 Å². The van der Waals surface area contributed by atoms with Gasteiger partial charge in [-0.1, -0.05) is 29.4 Å². The van der Waals surface area contributed by atoms with Crippen molar-refractivity contribution in [3.63, 3.8) is 0 Å². The van der Waals surface area contributed by atoms with E-state index in [4.69, 9.17) is 9.26 Å². The normalized spacial score (nSPS) is 10.7. The Balaban J connectivity index is 1.47. The quantitative estimate of drug-likeness (QED) is 0.485. The first-order chi connectivity index (χ1) is 13.2. The molecule has 0 aliphatic heterocycles. The van der Waals surface area contributed by atoms with Crippen LogP contribution in [0.1, 0.15) is 5.56 Å². The summed E-state index contributed by atoms with van der Waals surface area (Å²) in [5.41, 5.74) is 1.71. The van der Waals surface area contributed by atoms with Crippen LogP contribution in [0, 0.1) is 11.6 Å². The molecular formula is C21H14F2N2O2. The highest BCUT2D eigenvalue weighted by Gasteiger charge is 2.13.